The molecule has 2 aromatic rings. The van der Waals surface area contributed by atoms with Crippen LogP contribution in [0.3, 0.4) is 0 Å². The van der Waals surface area contributed by atoms with Gasteiger partial charge in [0.15, 0.2) is 6.61 Å². The highest BCUT2D eigenvalue weighted by atomic mass is 16.5. The van der Waals surface area contributed by atoms with Crippen molar-refractivity contribution in [1.29, 1.82) is 0 Å². The average molecular weight is 328 g/mol. The molecule has 0 aliphatic carbocycles. The SMILES string of the molecule is C[C@H](Cn1cccn1)NC(=O)CCN1C(=O)COc2ccccc21. The highest BCUT2D eigenvalue weighted by molar-refractivity contribution is 5.98. The lowest BCUT2D eigenvalue weighted by molar-refractivity contribution is -0.122. The Balaban J connectivity index is 1.53. The van der Waals surface area contributed by atoms with Crippen molar-refractivity contribution in [1.82, 2.24) is 15.1 Å². The highest BCUT2D eigenvalue weighted by Gasteiger charge is 2.25. The first kappa shape index (κ1) is 16.0. The number of fused-ring (bicyclic) bond motifs is 1. The molecule has 126 valence electrons. The molecule has 0 saturated heterocycles. The lowest BCUT2D eigenvalue weighted by atomic mass is 10.2. The zero-order valence-corrected chi connectivity index (χ0v) is 13.5. The number of nitrogens with zero attached hydrogens (tertiary/aromatic N) is 3. The quantitative estimate of drug-likeness (QED) is 0.864. The summed E-state index contributed by atoms with van der Waals surface area (Å²) in [5, 5.41) is 7.04. The van der Waals surface area contributed by atoms with E-state index < -0.39 is 0 Å². The van der Waals surface area contributed by atoms with Crippen LogP contribution in [-0.4, -0.2) is 40.8 Å². The van der Waals surface area contributed by atoms with Crippen molar-refractivity contribution in [3.05, 3.63) is 42.7 Å². The average Bonchev–Trinajstić information content (AvgIpc) is 3.06. The summed E-state index contributed by atoms with van der Waals surface area (Å²) in [4.78, 5) is 25.8. The molecule has 0 spiro atoms. The van der Waals surface area contributed by atoms with E-state index in [0.29, 0.717) is 24.5 Å². The maximum atomic E-state index is 12.1. The Kier molecular flexibility index (Phi) is 4.79. The summed E-state index contributed by atoms with van der Waals surface area (Å²) >= 11 is 0. The lowest BCUT2D eigenvalue weighted by Crippen LogP contribution is -2.42. The number of para-hydroxylation sites is 2. The fourth-order valence-corrected chi connectivity index (χ4v) is 2.69. The van der Waals surface area contributed by atoms with Gasteiger partial charge in [0.1, 0.15) is 5.75 Å². The van der Waals surface area contributed by atoms with Crippen molar-refractivity contribution in [2.75, 3.05) is 18.1 Å². The van der Waals surface area contributed by atoms with E-state index in [2.05, 4.69) is 10.4 Å². The Morgan fingerprint density at radius 2 is 2.21 bits per heavy atom. The number of carbonyl (C=O) groups excluding carboxylic acids is 2. The summed E-state index contributed by atoms with van der Waals surface area (Å²) in [6, 6.07) is 9.16. The highest BCUT2D eigenvalue weighted by Crippen LogP contribution is 2.31. The van der Waals surface area contributed by atoms with Gasteiger partial charge in [-0.05, 0) is 25.1 Å². The monoisotopic (exact) mass is 328 g/mol. The molecule has 0 saturated carbocycles. The van der Waals surface area contributed by atoms with Gasteiger partial charge in [0.2, 0.25) is 5.91 Å². The second-order valence-electron chi connectivity index (χ2n) is 5.75. The van der Waals surface area contributed by atoms with Crippen LogP contribution >= 0.6 is 0 Å². The molecule has 7 heteroatoms. The van der Waals surface area contributed by atoms with Gasteiger partial charge in [-0.3, -0.25) is 14.3 Å². The normalized spacial score (nSPS) is 14.7. The molecule has 0 bridgehead atoms. The molecule has 0 unspecified atom stereocenters. The number of hydrogen-bond acceptors (Lipinski definition) is 4. The predicted molar refractivity (Wildman–Crippen MR) is 88.7 cm³/mol. The van der Waals surface area contributed by atoms with Crippen LogP contribution in [0.2, 0.25) is 0 Å². The number of amides is 2. The maximum absolute atomic E-state index is 12.1. The standard InChI is InChI=1S/C17H20N4O3/c1-13(11-20-9-4-8-18-20)19-16(22)7-10-21-14-5-2-3-6-15(14)24-12-17(21)23/h2-6,8-9,13H,7,10-12H2,1H3,(H,19,22)/t13-/m1/s1. The molecular formula is C17H20N4O3. The van der Waals surface area contributed by atoms with Crippen molar-refractivity contribution in [3.8, 4) is 5.75 Å². The van der Waals surface area contributed by atoms with Crippen molar-refractivity contribution in [2.24, 2.45) is 0 Å². The fourth-order valence-electron chi connectivity index (χ4n) is 2.69. The molecule has 2 heterocycles. The Hall–Kier alpha value is -2.83. The molecule has 1 aromatic carbocycles. The predicted octanol–water partition coefficient (Wildman–Crippen LogP) is 1.20. The van der Waals surface area contributed by atoms with Crippen LogP contribution in [-0.2, 0) is 16.1 Å². The molecule has 3 rings (SSSR count). The van der Waals surface area contributed by atoms with Crippen LogP contribution in [0, 0.1) is 0 Å². The smallest absolute Gasteiger partial charge is 0.265 e. The van der Waals surface area contributed by atoms with E-state index >= 15 is 0 Å². The number of ether oxygens (including phenoxy) is 1. The van der Waals surface area contributed by atoms with Gasteiger partial charge in [-0.25, -0.2) is 0 Å². The third kappa shape index (κ3) is 3.73. The van der Waals surface area contributed by atoms with Crippen molar-refractivity contribution in [2.45, 2.75) is 25.9 Å². The zero-order valence-electron chi connectivity index (χ0n) is 13.5. The van der Waals surface area contributed by atoms with Gasteiger partial charge >= 0.3 is 0 Å². The van der Waals surface area contributed by atoms with Crippen LogP contribution in [0.1, 0.15) is 13.3 Å². The van der Waals surface area contributed by atoms with Gasteiger partial charge in [0.05, 0.1) is 12.2 Å². The van der Waals surface area contributed by atoms with E-state index in [0.717, 1.165) is 0 Å². The number of rotatable bonds is 6. The number of benzene rings is 1. The molecule has 2 amide bonds. The Morgan fingerprint density at radius 1 is 1.38 bits per heavy atom. The van der Waals surface area contributed by atoms with Gasteiger partial charge in [0.25, 0.3) is 5.91 Å². The van der Waals surface area contributed by atoms with Gasteiger partial charge in [-0.1, -0.05) is 12.1 Å². The minimum atomic E-state index is -0.133. The molecule has 0 fully saturated rings. The van der Waals surface area contributed by atoms with Crippen LogP contribution in [0.5, 0.6) is 5.75 Å². The number of aromatic nitrogens is 2. The molecule has 1 N–H and O–H groups in total. The summed E-state index contributed by atoms with van der Waals surface area (Å²) < 4.78 is 7.17. The number of anilines is 1. The topological polar surface area (TPSA) is 76.5 Å². The largest absolute Gasteiger partial charge is 0.482 e. The Bertz CT molecular complexity index is 714. The van der Waals surface area contributed by atoms with Gasteiger partial charge < -0.3 is 15.0 Å². The summed E-state index contributed by atoms with van der Waals surface area (Å²) in [7, 11) is 0. The summed E-state index contributed by atoms with van der Waals surface area (Å²) in [6.07, 6.45) is 3.80. The molecule has 1 aromatic heterocycles. The van der Waals surface area contributed by atoms with Crippen LogP contribution in [0.4, 0.5) is 5.69 Å². The van der Waals surface area contributed by atoms with E-state index in [1.165, 1.54) is 0 Å². The second kappa shape index (κ2) is 7.16. The number of nitrogens with one attached hydrogen (secondary N) is 1. The fraction of sp³-hybridized carbons (Fsp3) is 0.353. The van der Waals surface area contributed by atoms with Crippen LogP contribution < -0.4 is 15.0 Å². The summed E-state index contributed by atoms with van der Waals surface area (Å²) in [5.41, 5.74) is 0.714. The summed E-state index contributed by atoms with van der Waals surface area (Å²) in [6.45, 7) is 2.88. The first-order valence-corrected chi connectivity index (χ1v) is 7.92. The van der Waals surface area contributed by atoms with E-state index in [1.54, 1.807) is 15.8 Å². The Labute approximate surface area is 140 Å². The molecule has 1 aliphatic heterocycles. The van der Waals surface area contributed by atoms with E-state index in [4.69, 9.17) is 4.74 Å². The summed E-state index contributed by atoms with van der Waals surface area (Å²) in [5.74, 6) is 0.446. The second-order valence-corrected chi connectivity index (χ2v) is 5.75. The van der Waals surface area contributed by atoms with Gasteiger partial charge in [0, 0.05) is 31.4 Å². The van der Waals surface area contributed by atoms with Crippen molar-refractivity contribution < 1.29 is 14.3 Å². The molecule has 1 aliphatic rings. The van der Waals surface area contributed by atoms with Gasteiger partial charge in [-0.15, -0.1) is 0 Å². The molecule has 0 radical (unpaired) electrons. The molecule has 7 nitrogen and oxygen atoms in total. The Morgan fingerprint density at radius 3 is 3.00 bits per heavy atom. The van der Waals surface area contributed by atoms with E-state index in [9.17, 15) is 9.59 Å². The molecular weight excluding hydrogens is 308 g/mol. The maximum Gasteiger partial charge on any atom is 0.265 e. The lowest BCUT2D eigenvalue weighted by Gasteiger charge is -2.29. The van der Waals surface area contributed by atoms with E-state index in [-0.39, 0.29) is 30.9 Å². The third-order valence-corrected chi connectivity index (χ3v) is 3.80. The first-order chi connectivity index (χ1) is 11.6. The van der Waals surface area contributed by atoms with Crippen LogP contribution in [0.25, 0.3) is 0 Å². The third-order valence-electron chi connectivity index (χ3n) is 3.80. The molecule has 24 heavy (non-hydrogen) atoms. The number of carbonyl (C=O) groups is 2. The molecule has 1 atom stereocenters. The minimum absolute atomic E-state index is 0.00827. The van der Waals surface area contributed by atoms with E-state index in [1.807, 2.05) is 43.5 Å². The van der Waals surface area contributed by atoms with Crippen LogP contribution in [0.15, 0.2) is 42.7 Å². The van der Waals surface area contributed by atoms with Crippen molar-refractivity contribution in [3.63, 3.8) is 0 Å². The first-order valence-electron chi connectivity index (χ1n) is 7.92. The number of hydrogen-bond donors (Lipinski definition) is 1. The van der Waals surface area contributed by atoms with Gasteiger partial charge in [-0.2, -0.15) is 5.10 Å². The zero-order chi connectivity index (χ0) is 16.9. The van der Waals surface area contributed by atoms with Crippen molar-refractivity contribution >= 4 is 17.5 Å². The minimum Gasteiger partial charge on any atom is -0.482 e.